The van der Waals surface area contributed by atoms with Gasteiger partial charge in [-0.15, -0.1) is 0 Å². The molecule has 2 amide bonds. The standard InChI is InChI=1S/C21H26N2O9/c1-3-18(24)28-12-10-22-20(26)31-15-17(14-30-16-8-6-5-7-9-16)32-21(27)23-11-13-29-19(25)4-2/h3-9,17H,1-2,10-15H2,(H,22,26)(H,23,27). The zero-order chi connectivity index (χ0) is 23.6. The van der Waals surface area contributed by atoms with Crippen molar-refractivity contribution in [2.45, 2.75) is 6.10 Å². The van der Waals surface area contributed by atoms with E-state index in [1.165, 1.54) is 0 Å². The minimum atomic E-state index is -0.935. The topological polar surface area (TPSA) is 138 Å². The van der Waals surface area contributed by atoms with Gasteiger partial charge >= 0.3 is 24.1 Å². The Hall–Kier alpha value is -4.02. The maximum absolute atomic E-state index is 12.0. The number of hydrogen-bond acceptors (Lipinski definition) is 9. The number of nitrogens with one attached hydrogen (secondary N) is 2. The number of amides is 2. The maximum atomic E-state index is 12.0. The average Bonchev–Trinajstić information content (AvgIpc) is 2.81. The van der Waals surface area contributed by atoms with E-state index >= 15 is 0 Å². The van der Waals surface area contributed by atoms with Crippen LogP contribution in [0, 0.1) is 0 Å². The predicted molar refractivity (Wildman–Crippen MR) is 112 cm³/mol. The van der Waals surface area contributed by atoms with Crippen molar-refractivity contribution in [2.24, 2.45) is 0 Å². The minimum Gasteiger partial charge on any atom is -0.490 e. The van der Waals surface area contributed by atoms with Crippen LogP contribution in [0.4, 0.5) is 9.59 Å². The van der Waals surface area contributed by atoms with Crippen LogP contribution in [0.2, 0.25) is 0 Å². The van der Waals surface area contributed by atoms with Gasteiger partial charge in [0.25, 0.3) is 0 Å². The highest BCUT2D eigenvalue weighted by atomic mass is 16.6. The number of benzene rings is 1. The molecule has 0 radical (unpaired) electrons. The van der Waals surface area contributed by atoms with Gasteiger partial charge in [0.2, 0.25) is 0 Å². The second-order valence-electron chi connectivity index (χ2n) is 5.85. The molecule has 1 atom stereocenters. The second-order valence-corrected chi connectivity index (χ2v) is 5.85. The number of carbonyl (C=O) groups excluding carboxylic acids is 4. The summed E-state index contributed by atoms with van der Waals surface area (Å²) in [5.74, 6) is -0.698. The molecule has 0 bridgehead atoms. The van der Waals surface area contributed by atoms with Crippen molar-refractivity contribution < 1.29 is 42.9 Å². The second kappa shape index (κ2) is 15.8. The van der Waals surface area contributed by atoms with Crippen LogP contribution in [0.5, 0.6) is 5.75 Å². The summed E-state index contributed by atoms with van der Waals surface area (Å²) in [6.07, 6.45) is -0.551. The monoisotopic (exact) mass is 450 g/mol. The fraction of sp³-hybridized carbons (Fsp3) is 0.333. The molecule has 1 rings (SSSR count). The van der Waals surface area contributed by atoms with Gasteiger partial charge < -0.3 is 34.3 Å². The Kier molecular flexibility index (Phi) is 12.8. The number of para-hydroxylation sites is 1. The maximum Gasteiger partial charge on any atom is 0.407 e. The van der Waals surface area contributed by atoms with Crippen LogP contribution in [0.3, 0.4) is 0 Å². The fourth-order valence-electron chi connectivity index (χ4n) is 1.96. The molecule has 11 nitrogen and oxygen atoms in total. The molecule has 0 saturated carbocycles. The van der Waals surface area contributed by atoms with Gasteiger partial charge in [-0.05, 0) is 12.1 Å². The Morgan fingerprint density at radius 3 is 1.94 bits per heavy atom. The number of hydrogen-bond donors (Lipinski definition) is 2. The number of alkyl carbamates (subject to hydrolysis) is 2. The molecular formula is C21H26N2O9. The lowest BCUT2D eigenvalue weighted by molar-refractivity contribution is -0.138. The third-order valence-corrected chi connectivity index (χ3v) is 3.42. The van der Waals surface area contributed by atoms with Crippen molar-refractivity contribution in [1.29, 1.82) is 0 Å². The van der Waals surface area contributed by atoms with E-state index in [2.05, 4.69) is 23.8 Å². The van der Waals surface area contributed by atoms with Crippen LogP contribution in [0.15, 0.2) is 55.6 Å². The van der Waals surface area contributed by atoms with E-state index in [9.17, 15) is 19.2 Å². The molecule has 0 aliphatic rings. The Morgan fingerprint density at radius 1 is 0.812 bits per heavy atom. The van der Waals surface area contributed by atoms with Crippen LogP contribution >= 0.6 is 0 Å². The highest BCUT2D eigenvalue weighted by Gasteiger charge is 2.18. The molecule has 0 saturated heterocycles. The summed E-state index contributed by atoms with van der Waals surface area (Å²) in [6, 6.07) is 8.77. The lowest BCUT2D eigenvalue weighted by Crippen LogP contribution is -2.38. The number of rotatable bonds is 14. The van der Waals surface area contributed by atoms with Gasteiger partial charge in [0.15, 0.2) is 6.10 Å². The van der Waals surface area contributed by atoms with Gasteiger partial charge in [-0.3, -0.25) is 0 Å². The molecule has 1 aromatic rings. The molecule has 0 aromatic heterocycles. The summed E-state index contributed by atoms with van der Waals surface area (Å²) in [4.78, 5) is 45.6. The minimum absolute atomic E-state index is 0.00937. The summed E-state index contributed by atoms with van der Waals surface area (Å²) < 4.78 is 25.2. The number of ether oxygens (including phenoxy) is 5. The zero-order valence-electron chi connectivity index (χ0n) is 17.4. The molecule has 0 fully saturated rings. The first-order valence-electron chi connectivity index (χ1n) is 9.56. The summed E-state index contributed by atoms with van der Waals surface area (Å²) in [5.41, 5.74) is 0. The van der Waals surface area contributed by atoms with Crippen LogP contribution in [0.25, 0.3) is 0 Å². The SMILES string of the molecule is C=CC(=O)OCCNC(=O)OCC(COc1ccccc1)OC(=O)NCCOC(=O)C=C. The Morgan fingerprint density at radius 2 is 1.38 bits per heavy atom. The lowest BCUT2D eigenvalue weighted by Gasteiger charge is -2.19. The van der Waals surface area contributed by atoms with Crippen molar-refractivity contribution in [3.63, 3.8) is 0 Å². The lowest BCUT2D eigenvalue weighted by atomic mass is 10.3. The van der Waals surface area contributed by atoms with Crippen molar-refractivity contribution in [2.75, 3.05) is 39.5 Å². The predicted octanol–water partition coefficient (Wildman–Crippen LogP) is 1.34. The van der Waals surface area contributed by atoms with Gasteiger partial charge in [0.05, 0.1) is 13.1 Å². The third kappa shape index (κ3) is 12.5. The first-order valence-corrected chi connectivity index (χ1v) is 9.56. The van der Waals surface area contributed by atoms with Crippen LogP contribution in [0.1, 0.15) is 0 Å². The van der Waals surface area contributed by atoms with Crippen LogP contribution in [-0.4, -0.2) is 69.7 Å². The summed E-state index contributed by atoms with van der Waals surface area (Å²) in [6.45, 7) is 6.02. The molecular weight excluding hydrogens is 424 g/mol. The summed E-state index contributed by atoms with van der Waals surface area (Å²) >= 11 is 0. The van der Waals surface area contributed by atoms with E-state index in [-0.39, 0.29) is 39.5 Å². The van der Waals surface area contributed by atoms with Gasteiger partial charge in [-0.2, -0.15) is 0 Å². The Labute approximate surface area is 185 Å². The van der Waals surface area contributed by atoms with Gasteiger partial charge in [0.1, 0.15) is 32.2 Å². The van der Waals surface area contributed by atoms with E-state index in [0.717, 1.165) is 12.2 Å². The summed E-state index contributed by atoms with van der Waals surface area (Å²) in [5, 5.41) is 4.77. The van der Waals surface area contributed by atoms with E-state index in [1.54, 1.807) is 24.3 Å². The summed E-state index contributed by atoms with van der Waals surface area (Å²) in [7, 11) is 0. The van der Waals surface area contributed by atoms with Crippen molar-refractivity contribution in [1.82, 2.24) is 10.6 Å². The molecule has 1 aromatic carbocycles. The molecule has 11 heteroatoms. The van der Waals surface area contributed by atoms with E-state index in [4.69, 9.17) is 23.7 Å². The molecule has 0 spiro atoms. The Bertz CT molecular complexity index is 768. The normalized spacial score (nSPS) is 10.6. The Balaban J connectivity index is 2.45. The molecule has 0 aliphatic heterocycles. The molecule has 0 aliphatic carbocycles. The van der Waals surface area contributed by atoms with Gasteiger partial charge in [0, 0.05) is 12.2 Å². The van der Waals surface area contributed by atoms with Crippen molar-refractivity contribution in [3.05, 3.63) is 55.6 Å². The molecule has 174 valence electrons. The van der Waals surface area contributed by atoms with Crippen LogP contribution < -0.4 is 15.4 Å². The molecule has 1 unspecified atom stereocenters. The molecule has 32 heavy (non-hydrogen) atoms. The van der Waals surface area contributed by atoms with E-state index in [1.807, 2.05) is 6.07 Å². The van der Waals surface area contributed by atoms with E-state index in [0.29, 0.717) is 5.75 Å². The average molecular weight is 450 g/mol. The molecule has 0 heterocycles. The van der Waals surface area contributed by atoms with Crippen molar-refractivity contribution >= 4 is 24.1 Å². The largest absolute Gasteiger partial charge is 0.490 e. The van der Waals surface area contributed by atoms with Gasteiger partial charge in [-0.1, -0.05) is 31.4 Å². The smallest absolute Gasteiger partial charge is 0.407 e. The first kappa shape index (κ1) is 26.0. The molecule has 2 N–H and O–H groups in total. The number of carbonyl (C=O) groups is 4. The zero-order valence-corrected chi connectivity index (χ0v) is 17.4. The van der Waals surface area contributed by atoms with E-state index < -0.39 is 30.2 Å². The fourth-order valence-corrected chi connectivity index (χ4v) is 1.96. The van der Waals surface area contributed by atoms with Crippen molar-refractivity contribution in [3.8, 4) is 5.75 Å². The quantitative estimate of drug-likeness (QED) is 0.186. The highest BCUT2D eigenvalue weighted by Crippen LogP contribution is 2.09. The highest BCUT2D eigenvalue weighted by molar-refractivity contribution is 5.81. The third-order valence-electron chi connectivity index (χ3n) is 3.42. The van der Waals surface area contributed by atoms with Gasteiger partial charge in [-0.25, -0.2) is 19.2 Å². The first-order chi connectivity index (χ1) is 15.4. The van der Waals surface area contributed by atoms with Crippen LogP contribution in [-0.2, 0) is 28.5 Å². The number of esters is 2.